The van der Waals surface area contributed by atoms with Crippen LogP contribution in [0, 0.1) is 5.92 Å². The molecule has 2 aliphatic rings. The molecular formula is C18H37IN4O2. The second kappa shape index (κ2) is 14.0. The van der Waals surface area contributed by atoms with E-state index >= 15 is 0 Å². The predicted molar refractivity (Wildman–Crippen MR) is 114 cm³/mol. The second-order valence-electron chi connectivity index (χ2n) is 6.84. The fourth-order valence-electron chi connectivity index (χ4n) is 2.77. The Labute approximate surface area is 170 Å². The van der Waals surface area contributed by atoms with E-state index in [9.17, 15) is 0 Å². The summed E-state index contributed by atoms with van der Waals surface area (Å²) >= 11 is 0. The number of hydrogen-bond acceptors (Lipinski definition) is 4. The molecular weight excluding hydrogens is 431 g/mol. The van der Waals surface area contributed by atoms with E-state index in [0.29, 0.717) is 0 Å². The third-order valence-corrected chi connectivity index (χ3v) is 4.57. The van der Waals surface area contributed by atoms with E-state index in [4.69, 9.17) is 14.5 Å². The molecule has 0 radical (unpaired) electrons. The van der Waals surface area contributed by atoms with Crippen LogP contribution in [0.5, 0.6) is 0 Å². The van der Waals surface area contributed by atoms with Crippen LogP contribution in [-0.4, -0.2) is 88.5 Å². The standard InChI is InChI=1S/C18H36N4O2.HI/c1-3-19-18(21(2)10-13-24-16-17-6-7-17)20-8-4-5-9-22-11-14-23-15-12-22;/h17H,3-16H2,1-2H3,(H,19,20);1H. The van der Waals surface area contributed by atoms with Crippen LogP contribution in [-0.2, 0) is 9.47 Å². The summed E-state index contributed by atoms with van der Waals surface area (Å²) in [6.45, 7) is 11.6. The predicted octanol–water partition coefficient (Wildman–Crippen LogP) is 2.04. The van der Waals surface area contributed by atoms with E-state index in [1.54, 1.807) is 0 Å². The molecule has 0 bridgehead atoms. The Bertz CT molecular complexity index is 361. The highest BCUT2D eigenvalue weighted by atomic mass is 127. The number of nitrogens with one attached hydrogen (secondary N) is 1. The number of nitrogens with zero attached hydrogens (tertiary/aromatic N) is 3. The summed E-state index contributed by atoms with van der Waals surface area (Å²) in [5.41, 5.74) is 0. The Morgan fingerprint density at radius 2 is 2.04 bits per heavy atom. The van der Waals surface area contributed by atoms with Gasteiger partial charge in [0.05, 0.1) is 19.8 Å². The molecule has 0 atom stereocenters. The monoisotopic (exact) mass is 468 g/mol. The van der Waals surface area contributed by atoms with Gasteiger partial charge in [0.2, 0.25) is 0 Å². The van der Waals surface area contributed by atoms with Gasteiger partial charge in [-0.1, -0.05) is 0 Å². The van der Waals surface area contributed by atoms with Gasteiger partial charge in [-0.2, -0.15) is 0 Å². The fraction of sp³-hybridized carbons (Fsp3) is 0.944. The van der Waals surface area contributed by atoms with Crippen molar-refractivity contribution >= 4 is 29.9 Å². The van der Waals surface area contributed by atoms with Gasteiger partial charge in [0, 0.05) is 46.4 Å². The fourth-order valence-corrected chi connectivity index (χ4v) is 2.77. The summed E-state index contributed by atoms with van der Waals surface area (Å²) in [5.74, 6) is 1.84. The Morgan fingerprint density at radius 1 is 1.28 bits per heavy atom. The lowest BCUT2D eigenvalue weighted by Gasteiger charge is -2.26. The first-order valence-corrected chi connectivity index (χ1v) is 9.67. The molecule has 1 aliphatic heterocycles. The highest BCUT2D eigenvalue weighted by molar-refractivity contribution is 14.0. The largest absolute Gasteiger partial charge is 0.379 e. The van der Waals surface area contributed by atoms with Crippen LogP contribution in [0.25, 0.3) is 0 Å². The molecule has 1 heterocycles. The number of aliphatic imine (C=N–C) groups is 1. The number of morpholine rings is 1. The van der Waals surface area contributed by atoms with Crippen molar-refractivity contribution in [1.82, 2.24) is 15.1 Å². The summed E-state index contributed by atoms with van der Waals surface area (Å²) in [4.78, 5) is 9.42. The molecule has 0 aromatic carbocycles. The number of likely N-dealkylation sites (N-methyl/N-ethyl adjacent to an activating group) is 1. The molecule has 1 N–H and O–H groups in total. The van der Waals surface area contributed by atoms with Gasteiger partial charge < -0.3 is 19.7 Å². The van der Waals surface area contributed by atoms with E-state index in [-0.39, 0.29) is 24.0 Å². The van der Waals surface area contributed by atoms with Crippen LogP contribution in [0.2, 0.25) is 0 Å². The Kier molecular flexibility index (Phi) is 12.8. The normalized spacial score (nSPS) is 18.7. The minimum atomic E-state index is 0. The van der Waals surface area contributed by atoms with Crippen molar-refractivity contribution < 1.29 is 9.47 Å². The smallest absolute Gasteiger partial charge is 0.193 e. The summed E-state index contributed by atoms with van der Waals surface area (Å²) in [6.07, 6.45) is 5.05. The maximum absolute atomic E-state index is 5.73. The van der Waals surface area contributed by atoms with E-state index in [2.05, 4.69) is 29.1 Å². The van der Waals surface area contributed by atoms with Crippen molar-refractivity contribution in [2.75, 3.05) is 72.7 Å². The summed E-state index contributed by atoms with van der Waals surface area (Å²) in [5, 5.41) is 3.38. The zero-order valence-corrected chi connectivity index (χ0v) is 18.4. The van der Waals surface area contributed by atoms with Crippen molar-refractivity contribution in [3.8, 4) is 0 Å². The van der Waals surface area contributed by atoms with Crippen molar-refractivity contribution in [3.63, 3.8) is 0 Å². The van der Waals surface area contributed by atoms with Crippen LogP contribution >= 0.6 is 24.0 Å². The van der Waals surface area contributed by atoms with Gasteiger partial charge in [-0.3, -0.25) is 9.89 Å². The van der Waals surface area contributed by atoms with Gasteiger partial charge in [-0.25, -0.2) is 0 Å². The van der Waals surface area contributed by atoms with E-state index in [1.807, 2.05) is 0 Å². The third-order valence-electron chi connectivity index (χ3n) is 4.57. The van der Waals surface area contributed by atoms with Crippen LogP contribution in [0.15, 0.2) is 4.99 Å². The average Bonchev–Trinajstić information content (AvgIpc) is 3.42. The second-order valence-corrected chi connectivity index (χ2v) is 6.84. The molecule has 0 aromatic heterocycles. The molecule has 0 unspecified atom stereocenters. The molecule has 0 amide bonds. The molecule has 1 saturated heterocycles. The number of ether oxygens (including phenoxy) is 2. The molecule has 0 aromatic rings. The highest BCUT2D eigenvalue weighted by Gasteiger charge is 2.21. The summed E-state index contributed by atoms with van der Waals surface area (Å²) in [6, 6.07) is 0. The average molecular weight is 468 g/mol. The van der Waals surface area contributed by atoms with Crippen molar-refractivity contribution in [3.05, 3.63) is 0 Å². The zero-order valence-electron chi connectivity index (χ0n) is 16.0. The molecule has 6 nitrogen and oxygen atoms in total. The molecule has 1 saturated carbocycles. The molecule has 0 spiro atoms. The summed E-state index contributed by atoms with van der Waals surface area (Å²) in [7, 11) is 2.09. The first kappa shape index (κ1) is 22.9. The molecule has 7 heteroatoms. The molecule has 2 fully saturated rings. The number of hydrogen-bond donors (Lipinski definition) is 1. The molecule has 2 rings (SSSR count). The van der Waals surface area contributed by atoms with Gasteiger partial charge >= 0.3 is 0 Å². The lowest BCUT2D eigenvalue weighted by Crippen LogP contribution is -2.40. The number of unbranched alkanes of at least 4 members (excludes halogenated alkanes) is 1. The zero-order chi connectivity index (χ0) is 17.0. The van der Waals surface area contributed by atoms with Gasteiger partial charge in [-0.05, 0) is 45.1 Å². The minimum Gasteiger partial charge on any atom is -0.379 e. The van der Waals surface area contributed by atoms with Crippen LogP contribution < -0.4 is 5.32 Å². The highest BCUT2D eigenvalue weighted by Crippen LogP contribution is 2.28. The SMILES string of the molecule is CCNC(=NCCCCN1CCOCC1)N(C)CCOCC1CC1.I. The van der Waals surface area contributed by atoms with E-state index in [1.165, 1.54) is 25.8 Å². The third kappa shape index (κ3) is 10.6. The van der Waals surface area contributed by atoms with Crippen molar-refractivity contribution in [1.29, 1.82) is 0 Å². The van der Waals surface area contributed by atoms with Crippen molar-refractivity contribution in [2.45, 2.75) is 32.6 Å². The summed E-state index contributed by atoms with van der Waals surface area (Å²) < 4.78 is 11.1. The van der Waals surface area contributed by atoms with Gasteiger partial charge in [0.15, 0.2) is 5.96 Å². The number of rotatable bonds is 11. The molecule has 1 aliphatic carbocycles. The van der Waals surface area contributed by atoms with Crippen molar-refractivity contribution in [2.24, 2.45) is 10.9 Å². The Balaban J connectivity index is 0.00000312. The first-order chi connectivity index (χ1) is 11.8. The lowest BCUT2D eigenvalue weighted by molar-refractivity contribution is 0.0373. The van der Waals surface area contributed by atoms with E-state index in [0.717, 1.165) is 77.4 Å². The number of halogens is 1. The topological polar surface area (TPSA) is 49.3 Å². The van der Waals surface area contributed by atoms with Crippen LogP contribution in [0.1, 0.15) is 32.6 Å². The lowest BCUT2D eigenvalue weighted by atomic mass is 10.3. The van der Waals surface area contributed by atoms with E-state index < -0.39 is 0 Å². The first-order valence-electron chi connectivity index (χ1n) is 9.67. The Morgan fingerprint density at radius 3 is 2.72 bits per heavy atom. The van der Waals surface area contributed by atoms with Gasteiger partial charge in [0.1, 0.15) is 0 Å². The maximum Gasteiger partial charge on any atom is 0.193 e. The van der Waals surface area contributed by atoms with Gasteiger partial charge in [0.25, 0.3) is 0 Å². The molecule has 25 heavy (non-hydrogen) atoms. The maximum atomic E-state index is 5.73. The minimum absolute atomic E-state index is 0. The Hall–Kier alpha value is -0.120. The van der Waals surface area contributed by atoms with Crippen LogP contribution in [0.4, 0.5) is 0 Å². The van der Waals surface area contributed by atoms with Crippen LogP contribution in [0.3, 0.4) is 0 Å². The molecule has 148 valence electrons. The quantitative estimate of drug-likeness (QED) is 0.218. The number of guanidine groups is 1. The van der Waals surface area contributed by atoms with Gasteiger partial charge in [-0.15, -0.1) is 24.0 Å².